The summed E-state index contributed by atoms with van der Waals surface area (Å²) in [5.41, 5.74) is 5.74. The second-order valence-electron chi connectivity index (χ2n) is 5.79. The quantitative estimate of drug-likeness (QED) is 0.866. The van der Waals surface area contributed by atoms with Crippen molar-refractivity contribution >= 4 is 0 Å². The fourth-order valence-electron chi connectivity index (χ4n) is 2.08. The Kier molecular flexibility index (Phi) is 4.35. The molecule has 18 heavy (non-hydrogen) atoms. The van der Waals surface area contributed by atoms with E-state index in [1.807, 2.05) is 13.8 Å². The maximum absolute atomic E-state index is 5.93. The molecule has 1 aliphatic rings. The molecule has 0 aliphatic carbocycles. The molecule has 2 N–H and O–H groups in total. The zero-order chi connectivity index (χ0) is 13.0. The zero-order valence-corrected chi connectivity index (χ0v) is 11.3. The Hall–Kier alpha value is -0.940. The molecule has 0 saturated carbocycles. The summed E-state index contributed by atoms with van der Waals surface area (Å²) in [6.45, 7) is 4.86. The summed E-state index contributed by atoms with van der Waals surface area (Å²) < 4.78 is 10.9. The molecule has 1 unspecified atom stereocenters. The fraction of sp³-hybridized carbons (Fsp3) is 0.846. The summed E-state index contributed by atoms with van der Waals surface area (Å²) >= 11 is 0. The molecule has 1 saturated heterocycles. The van der Waals surface area contributed by atoms with E-state index >= 15 is 0 Å². The minimum Gasteiger partial charge on any atom is -0.378 e. The molecule has 1 aliphatic heterocycles. The van der Waals surface area contributed by atoms with Crippen LogP contribution in [0, 0.1) is 0 Å². The third-order valence-electron chi connectivity index (χ3n) is 3.18. The molecule has 1 atom stereocenters. The van der Waals surface area contributed by atoms with Gasteiger partial charge in [0.15, 0.2) is 5.82 Å². The lowest BCUT2D eigenvalue weighted by Gasteiger charge is -2.20. The monoisotopic (exact) mass is 253 g/mol. The minimum atomic E-state index is -0.193. The van der Waals surface area contributed by atoms with Gasteiger partial charge in [0.1, 0.15) is 0 Å². The van der Waals surface area contributed by atoms with Crippen molar-refractivity contribution in [3.05, 3.63) is 11.7 Å². The molecule has 5 nitrogen and oxygen atoms in total. The van der Waals surface area contributed by atoms with Gasteiger partial charge in [-0.2, -0.15) is 4.98 Å². The molecule has 1 aromatic rings. The number of ether oxygens (including phenoxy) is 1. The predicted molar refractivity (Wildman–Crippen MR) is 68.2 cm³/mol. The molecule has 1 aromatic heterocycles. The van der Waals surface area contributed by atoms with Gasteiger partial charge in [0.25, 0.3) is 0 Å². The normalized spacial score (nSPS) is 21.2. The van der Waals surface area contributed by atoms with E-state index in [-0.39, 0.29) is 11.6 Å². The Morgan fingerprint density at radius 3 is 2.89 bits per heavy atom. The van der Waals surface area contributed by atoms with Crippen molar-refractivity contribution < 1.29 is 9.26 Å². The van der Waals surface area contributed by atoms with Crippen LogP contribution in [0.4, 0.5) is 0 Å². The number of hydrogen-bond acceptors (Lipinski definition) is 5. The van der Waals surface area contributed by atoms with E-state index in [9.17, 15) is 0 Å². The number of nitrogens with zero attached hydrogens (tertiary/aromatic N) is 2. The summed E-state index contributed by atoms with van der Waals surface area (Å²) in [5.74, 6) is 1.44. The van der Waals surface area contributed by atoms with Crippen molar-refractivity contribution in [3.8, 4) is 0 Å². The third kappa shape index (κ3) is 4.38. The van der Waals surface area contributed by atoms with Crippen LogP contribution in [-0.4, -0.2) is 28.4 Å². The Labute approximate surface area is 108 Å². The maximum Gasteiger partial charge on any atom is 0.226 e. The standard InChI is InChI=1S/C13H23N3O2/c1-13(2,14)7-6-12-15-11(16-18-12)9-10-5-3-4-8-17-10/h10H,3-9,14H2,1-2H3. The van der Waals surface area contributed by atoms with Gasteiger partial charge in [-0.3, -0.25) is 0 Å². The zero-order valence-electron chi connectivity index (χ0n) is 11.3. The van der Waals surface area contributed by atoms with Gasteiger partial charge in [0.05, 0.1) is 6.10 Å². The van der Waals surface area contributed by atoms with Gasteiger partial charge in [0.2, 0.25) is 5.89 Å². The summed E-state index contributed by atoms with van der Waals surface area (Å²) in [4.78, 5) is 4.39. The molecular formula is C13H23N3O2. The Balaban J connectivity index is 1.82. The second kappa shape index (κ2) is 5.80. The van der Waals surface area contributed by atoms with Crippen LogP contribution in [0.5, 0.6) is 0 Å². The molecule has 0 spiro atoms. The molecule has 1 fully saturated rings. The van der Waals surface area contributed by atoms with Crippen LogP contribution in [0.3, 0.4) is 0 Å². The first-order valence-electron chi connectivity index (χ1n) is 6.75. The van der Waals surface area contributed by atoms with E-state index in [4.69, 9.17) is 15.0 Å². The SMILES string of the molecule is CC(C)(N)CCc1nc(CC2CCCCO2)no1. The fourth-order valence-corrected chi connectivity index (χ4v) is 2.08. The average molecular weight is 253 g/mol. The van der Waals surface area contributed by atoms with Gasteiger partial charge in [-0.05, 0) is 39.5 Å². The van der Waals surface area contributed by atoms with Crippen LogP contribution < -0.4 is 5.73 Å². The molecule has 102 valence electrons. The smallest absolute Gasteiger partial charge is 0.226 e. The first-order chi connectivity index (χ1) is 8.53. The van der Waals surface area contributed by atoms with Gasteiger partial charge in [-0.25, -0.2) is 0 Å². The molecule has 0 aromatic carbocycles. The van der Waals surface area contributed by atoms with Crippen LogP contribution in [-0.2, 0) is 17.6 Å². The lowest BCUT2D eigenvalue weighted by Crippen LogP contribution is -2.32. The van der Waals surface area contributed by atoms with E-state index < -0.39 is 0 Å². The van der Waals surface area contributed by atoms with Crippen LogP contribution in [0.2, 0.25) is 0 Å². The largest absolute Gasteiger partial charge is 0.378 e. The summed E-state index contributed by atoms with van der Waals surface area (Å²) in [7, 11) is 0. The van der Waals surface area contributed by atoms with Crippen molar-refractivity contribution in [2.45, 2.75) is 64.0 Å². The van der Waals surface area contributed by atoms with Crippen molar-refractivity contribution in [3.63, 3.8) is 0 Å². The van der Waals surface area contributed by atoms with E-state index in [1.54, 1.807) is 0 Å². The predicted octanol–water partition coefficient (Wildman–Crippen LogP) is 1.85. The van der Waals surface area contributed by atoms with Crippen molar-refractivity contribution in [1.82, 2.24) is 10.1 Å². The molecule has 2 rings (SSSR count). The molecule has 0 radical (unpaired) electrons. The van der Waals surface area contributed by atoms with Gasteiger partial charge >= 0.3 is 0 Å². The minimum absolute atomic E-state index is 0.193. The van der Waals surface area contributed by atoms with Crippen LogP contribution >= 0.6 is 0 Å². The number of aryl methyl sites for hydroxylation is 1. The number of hydrogen-bond donors (Lipinski definition) is 1. The van der Waals surface area contributed by atoms with Gasteiger partial charge in [-0.1, -0.05) is 5.16 Å². The highest BCUT2D eigenvalue weighted by Crippen LogP contribution is 2.16. The van der Waals surface area contributed by atoms with E-state index in [1.165, 1.54) is 12.8 Å². The van der Waals surface area contributed by atoms with Gasteiger partial charge < -0.3 is 15.0 Å². The van der Waals surface area contributed by atoms with Crippen molar-refractivity contribution in [2.75, 3.05) is 6.61 Å². The van der Waals surface area contributed by atoms with Gasteiger partial charge in [-0.15, -0.1) is 0 Å². The molecule has 0 bridgehead atoms. The van der Waals surface area contributed by atoms with E-state index in [0.29, 0.717) is 5.89 Å². The topological polar surface area (TPSA) is 74.2 Å². The van der Waals surface area contributed by atoms with Crippen LogP contribution in [0.25, 0.3) is 0 Å². The highest BCUT2D eigenvalue weighted by Gasteiger charge is 2.18. The summed E-state index contributed by atoms with van der Waals surface area (Å²) in [5, 5.41) is 4.00. The lowest BCUT2D eigenvalue weighted by molar-refractivity contribution is 0.0153. The molecular weight excluding hydrogens is 230 g/mol. The third-order valence-corrected chi connectivity index (χ3v) is 3.18. The summed E-state index contributed by atoms with van der Waals surface area (Å²) in [6, 6.07) is 0. The van der Waals surface area contributed by atoms with Crippen molar-refractivity contribution in [2.24, 2.45) is 5.73 Å². The average Bonchev–Trinajstić information content (AvgIpc) is 2.75. The van der Waals surface area contributed by atoms with Crippen LogP contribution in [0.1, 0.15) is 51.2 Å². The number of aromatic nitrogens is 2. The van der Waals surface area contributed by atoms with Gasteiger partial charge in [0, 0.05) is 25.0 Å². The van der Waals surface area contributed by atoms with Crippen LogP contribution in [0.15, 0.2) is 4.52 Å². The highest BCUT2D eigenvalue weighted by atomic mass is 16.5. The molecule has 5 heteroatoms. The maximum atomic E-state index is 5.93. The number of nitrogens with two attached hydrogens (primary N) is 1. The van der Waals surface area contributed by atoms with E-state index in [0.717, 1.165) is 38.1 Å². The summed E-state index contributed by atoms with van der Waals surface area (Å²) in [6.07, 6.45) is 6.09. The molecule has 2 heterocycles. The Morgan fingerprint density at radius 1 is 1.39 bits per heavy atom. The molecule has 0 amide bonds. The Bertz CT molecular complexity index is 365. The number of rotatable bonds is 5. The van der Waals surface area contributed by atoms with E-state index in [2.05, 4.69) is 10.1 Å². The first-order valence-corrected chi connectivity index (χ1v) is 6.75. The van der Waals surface area contributed by atoms with Crippen molar-refractivity contribution in [1.29, 1.82) is 0 Å². The second-order valence-corrected chi connectivity index (χ2v) is 5.79. The lowest BCUT2D eigenvalue weighted by atomic mass is 10.0. The Morgan fingerprint density at radius 2 is 2.22 bits per heavy atom. The highest BCUT2D eigenvalue weighted by molar-refractivity contribution is 4.91. The first kappa shape index (κ1) is 13.5.